The number of rotatable bonds is 15. The van der Waals surface area contributed by atoms with Gasteiger partial charge in [0.1, 0.15) is 0 Å². The van der Waals surface area contributed by atoms with Crippen molar-refractivity contribution in [3.63, 3.8) is 0 Å². The molecule has 1 atom stereocenters. The first-order chi connectivity index (χ1) is 12.8. The van der Waals surface area contributed by atoms with Gasteiger partial charge in [0.05, 0.1) is 12.5 Å². The number of hydrogen-bond acceptors (Lipinski definition) is 2. The highest BCUT2D eigenvalue weighted by molar-refractivity contribution is 5.72. The summed E-state index contributed by atoms with van der Waals surface area (Å²) in [6.07, 6.45) is 29.7. The van der Waals surface area contributed by atoms with Crippen LogP contribution in [0.15, 0.2) is 60.8 Å². The van der Waals surface area contributed by atoms with Crippen molar-refractivity contribution in [3.8, 4) is 0 Å². The van der Waals surface area contributed by atoms with Gasteiger partial charge in [-0.2, -0.15) is 0 Å². The summed E-state index contributed by atoms with van der Waals surface area (Å²) in [5.74, 6) is -0.0145. The number of carbonyl (C=O) groups is 1. The largest absolute Gasteiger partial charge is 0.466 e. The molecule has 0 aliphatic carbocycles. The van der Waals surface area contributed by atoms with Gasteiger partial charge in [0.15, 0.2) is 0 Å². The van der Waals surface area contributed by atoms with Crippen molar-refractivity contribution in [2.24, 2.45) is 5.92 Å². The number of hydrogen-bond donors (Lipinski definition) is 0. The zero-order valence-electron chi connectivity index (χ0n) is 17.0. The van der Waals surface area contributed by atoms with Gasteiger partial charge >= 0.3 is 5.97 Å². The fourth-order valence-corrected chi connectivity index (χ4v) is 2.41. The van der Waals surface area contributed by atoms with Gasteiger partial charge in [0.25, 0.3) is 0 Å². The summed E-state index contributed by atoms with van der Waals surface area (Å²) in [5, 5.41) is 0. The van der Waals surface area contributed by atoms with Crippen molar-refractivity contribution < 1.29 is 9.53 Å². The van der Waals surface area contributed by atoms with Gasteiger partial charge in [-0.3, -0.25) is 4.79 Å². The maximum absolute atomic E-state index is 11.7. The molecule has 0 bridgehead atoms. The molecule has 1 unspecified atom stereocenters. The van der Waals surface area contributed by atoms with Gasteiger partial charge in [0.2, 0.25) is 0 Å². The van der Waals surface area contributed by atoms with Gasteiger partial charge in [-0.05, 0) is 58.3 Å². The van der Waals surface area contributed by atoms with Crippen molar-refractivity contribution in [1.82, 2.24) is 0 Å². The molecule has 2 nitrogen and oxygen atoms in total. The fourth-order valence-electron chi connectivity index (χ4n) is 2.41. The van der Waals surface area contributed by atoms with Crippen LogP contribution in [-0.2, 0) is 9.53 Å². The molecule has 0 aliphatic heterocycles. The van der Waals surface area contributed by atoms with Crippen LogP contribution >= 0.6 is 0 Å². The molecule has 0 spiro atoms. The van der Waals surface area contributed by atoms with Crippen molar-refractivity contribution in [2.75, 3.05) is 6.61 Å². The normalized spacial score (nSPS) is 13.8. The van der Waals surface area contributed by atoms with Gasteiger partial charge in [-0.1, -0.05) is 74.6 Å². The Morgan fingerprint density at radius 1 is 0.731 bits per heavy atom. The second kappa shape index (κ2) is 19.5. The minimum Gasteiger partial charge on any atom is -0.466 e. The van der Waals surface area contributed by atoms with E-state index in [0.717, 1.165) is 51.4 Å². The third-order valence-corrected chi connectivity index (χ3v) is 3.95. The number of carbonyl (C=O) groups excluding carboxylic acids is 1. The van der Waals surface area contributed by atoms with E-state index < -0.39 is 0 Å². The van der Waals surface area contributed by atoms with Crippen LogP contribution < -0.4 is 0 Å². The lowest BCUT2D eigenvalue weighted by molar-refractivity contribution is -0.148. The first kappa shape index (κ1) is 24.2. The summed E-state index contributed by atoms with van der Waals surface area (Å²) < 4.78 is 5.09. The lowest BCUT2D eigenvalue weighted by Gasteiger charge is -2.11. The molecule has 2 heteroatoms. The molecule has 0 fully saturated rings. The Balaban J connectivity index is 3.70. The second-order valence-corrected chi connectivity index (χ2v) is 6.14. The zero-order chi connectivity index (χ0) is 19.3. The summed E-state index contributed by atoms with van der Waals surface area (Å²) in [7, 11) is 0. The monoisotopic (exact) mass is 358 g/mol. The van der Waals surface area contributed by atoms with E-state index in [2.05, 4.69) is 67.7 Å². The molecule has 0 heterocycles. The van der Waals surface area contributed by atoms with Crippen LogP contribution in [0.5, 0.6) is 0 Å². The van der Waals surface area contributed by atoms with Crippen LogP contribution in [0, 0.1) is 5.92 Å². The van der Waals surface area contributed by atoms with Gasteiger partial charge in [0, 0.05) is 0 Å². The lowest BCUT2D eigenvalue weighted by atomic mass is 10.0. The average Bonchev–Trinajstić information content (AvgIpc) is 2.64. The smallest absolute Gasteiger partial charge is 0.308 e. The predicted molar refractivity (Wildman–Crippen MR) is 114 cm³/mol. The fraction of sp³-hybridized carbons (Fsp3) is 0.542. The summed E-state index contributed by atoms with van der Waals surface area (Å²) >= 11 is 0. The molecule has 0 saturated carbocycles. The Kier molecular flexibility index (Phi) is 18.1. The van der Waals surface area contributed by atoms with E-state index in [1.165, 1.54) is 0 Å². The van der Waals surface area contributed by atoms with Crippen LogP contribution in [0.2, 0.25) is 0 Å². The van der Waals surface area contributed by atoms with Crippen molar-refractivity contribution >= 4 is 5.97 Å². The Morgan fingerprint density at radius 2 is 1.19 bits per heavy atom. The van der Waals surface area contributed by atoms with E-state index >= 15 is 0 Å². The molecule has 0 aliphatic rings. The molecule has 0 aromatic heterocycles. The van der Waals surface area contributed by atoms with Crippen LogP contribution in [0.4, 0.5) is 0 Å². The Labute approximate surface area is 161 Å². The predicted octanol–water partition coefficient (Wildman–Crippen LogP) is 7.11. The van der Waals surface area contributed by atoms with Crippen LogP contribution in [0.3, 0.4) is 0 Å². The number of allylic oxidation sites excluding steroid dienone is 10. The van der Waals surface area contributed by atoms with Gasteiger partial charge < -0.3 is 4.74 Å². The molecule has 0 saturated heterocycles. The highest BCUT2D eigenvalue weighted by atomic mass is 16.5. The van der Waals surface area contributed by atoms with Crippen molar-refractivity contribution in [3.05, 3.63) is 60.8 Å². The van der Waals surface area contributed by atoms with E-state index in [1.807, 2.05) is 13.8 Å². The molecule has 0 rings (SSSR count). The Morgan fingerprint density at radius 3 is 1.62 bits per heavy atom. The first-order valence-electron chi connectivity index (χ1n) is 10.2. The summed E-state index contributed by atoms with van der Waals surface area (Å²) in [6.45, 7) is 6.52. The maximum Gasteiger partial charge on any atom is 0.308 e. The van der Waals surface area contributed by atoms with E-state index in [1.54, 1.807) is 0 Å². The van der Waals surface area contributed by atoms with E-state index in [9.17, 15) is 4.79 Å². The van der Waals surface area contributed by atoms with E-state index in [4.69, 9.17) is 4.74 Å². The number of esters is 1. The van der Waals surface area contributed by atoms with Crippen molar-refractivity contribution in [2.45, 2.75) is 72.1 Å². The van der Waals surface area contributed by atoms with Crippen molar-refractivity contribution in [1.29, 1.82) is 0 Å². The SMILES string of the molecule is CCC=CCC=CCC=CCC=CCC=CCCC(CC)C(=O)OCC. The third kappa shape index (κ3) is 15.7. The van der Waals surface area contributed by atoms with E-state index in [0.29, 0.717) is 6.61 Å². The third-order valence-electron chi connectivity index (χ3n) is 3.95. The maximum atomic E-state index is 11.7. The molecule has 0 aromatic carbocycles. The van der Waals surface area contributed by atoms with Crippen LogP contribution in [0.25, 0.3) is 0 Å². The Bertz CT molecular complexity index is 467. The summed E-state index contributed by atoms with van der Waals surface area (Å²) in [6, 6.07) is 0. The Hall–Kier alpha value is -1.83. The molecule has 0 N–H and O–H groups in total. The molecule has 0 amide bonds. The highest BCUT2D eigenvalue weighted by Gasteiger charge is 2.15. The second-order valence-electron chi connectivity index (χ2n) is 6.14. The molecule has 0 radical (unpaired) electrons. The first-order valence-corrected chi connectivity index (χ1v) is 10.2. The molecule has 146 valence electrons. The number of ether oxygens (including phenoxy) is 1. The van der Waals surface area contributed by atoms with Gasteiger partial charge in [-0.15, -0.1) is 0 Å². The zero-order valence-corrected chi connectivity index (χ0v) is 17.0. The molecular formula is C24H38O2. The average molecular weight is 359 g/mol. The summed E-state index contributed by atoms with van der Waals surface area (Å²) in [4.78, 5) is 11.7. The molecular weight excluding hydrogens is 320 g/mol. The standard InChI is InChI=1S/C24H38O2/c1-4-7-8-9-10-11-12-13-14-15-16-17-18-19-20-21-22-23(5-2)24(25)26-6-3/h7-8,10-11,13-14,16-17,19-20,23H,4-6,9,12,15,18,21-22H2,1-3H3. The minimum atomic E-state index is -0.0534. The lowest BCUT2D eigenvalue weighted by Crippen LogP contribution is -2.16. The minimum absolute atomic E-state index is 0.0389. The van der Waals surface area contributed by atoms with Crippen LogP contribution in [0.1, 0.15) is 72.1 Å². The van der Waals surface area contributed by atoms with Gasteiger partial charge in [-0.25, -0.2) is 0 Å². The topological polar surface area (TPSA) is 26.3 Å². The molecule has 26 heavy (non-hydrogen) atoms. The molecule has 0 aromatic rings. The van der Waals surface area contributed by atoms with E-state index in [-0.39, 0.29) is 11.9 Å². The quantitative estimate of drug-likeness (QED) is 0.230. The highest BCUT2D eigenvalue weighted by Crippen LogP contribution is 2.13. The summed E-state index contributed by atoms with van der Waals surface area (Å²) in [5.41, 5.74) is 0. The van der Waals surface area contributed by atoms with Crippen LogP contribution in [-0.4, -0.2) is 12.6 Å².